The Balaban J connectivity index is 1.87. The molecule has 0 aromatic carbocycles. The summed E-state index contributed by atoms with van der Waals surface area (Å²) in [6.07, 6.45) is 5.46. The van der Waals surface area contributed by atoms with Crippen LogP contribution in [-0.4, -0.2) is 85.9 Å². The molecular formula is C17H33N7O2S. The van der Waals surface area contributed by atoms with Crippen LogP contribution in [0.2, 0.25) is 0 Å². The second-order valence-corrected chi connectivity index (χ2v) is 9.36. The predicted molar refractivity (Wildman–Crippen MR) is 108 cm³/mol. The van der Waals surface area contributed by atoms with Crippen LogP contribution in [0.25, 0.3) is 0 Å². The summed E-state index contributed by atoms with van der Waals surface area (Å²) in [7, 11) is 4.65. The number of aliphatic imine (C=N–C) groups is 1. The molecular weight excluding hydrogens is 366 g/mol. The van der Waals surface area contributed by atoms with Gasteiger partial charge in [-0.05, 0) is 33.9 Å². The maximum atomic E-state index is 12.0. The van der Waals surface area contributed by atoms with Crippen molar-refractivity contribution in [2.24, 2.45) is 12.0 Å². The molecule has 9 nitrogen and oxygen atoms in total. The van der Waals surface area contributed by atoms with E-state index >= 15 is 0 Å². The zero-order chi connectivity index (χ0) is 20.0. The fourth-order valence-corrected chi connectivity index (χ4v) is 4.39. The van der Waals surface area contributed by atoms with Crippen LogP contribution >= 0.6 is 0 Å². The van der Waals surface area contributed by atoms with E-state index in [1.165, 1.54) is 0 Å². The first-order chi connectivity index (χ1) is 12.8. The lowest BCUT2D eigenvalue weighted by Crippen LogP contribution is -2.50. The molecule has 0 bridgehead atoms. The van der Waals surface area contributed by atoms with E-state index in [1.807, 2.05) is 33.5 Å². The molecule has 27 heavy (non-hydrogen) atoms. The Morgan fingerprint density at radius 2 is 2.07 bits per heavy atom. The molecule has 1 saturated heterocycles. The second kappa shape index (κ2) is 9.52. The van der Waals surface area contributed by atoms with Crippen LogP contribution in [0.3, 0.4) is 0 Å². The van der Waals surface area contributed by atoms with Crippen molar-refractivity contribution in [2.75, 3.05) is 46.5 Å². The van der Waals surface area contributed by atoms with Crippen LogP contribution in [0.15, 0.2) is 17.4 Å². The molecule has 1 atom stereocenters. The van der Waals surface area contributed by atoms with E-state index in [1.54, 1.807) is 23.0 Å². The zero-order valence-corrected chi connectivity index (χ0v) is 17.8. The number of aryl methyl sites for hydroxylation is 1. The van der Waals surface area contributed by atoms with Gasteiger partial charge < -0.3 is 15.5 Å². The first-order valence-electron chi connectivity index (χ1n) is 9.36. The number of hydrogen-bond donors (Lipinski definition) is 2. The second-order valence-electron chi connectivity index (χ2n) is 7.10. The third-order valence-electron chi connectivity index (χ3n) is 4.97. The fourth-order valence-electron chi connectivity index (χ4n) is 3.25. The monoisotopic (exact) mass is 399 g/mol. The molecule has 1 aromatic rings. The number of aromatic nitrogens is 2. The van der Waals surface area contributed by atoms with Gasteiger partial charge in [0.25, 0.3) is 0 Å². The van der Waals surface area contributed by atoms with Crippen molar-refractivity contribution in [1.82, 2.24) is 29.6 Å². The molecule has 1 aromatic heterocycles. The highest BCUT2D eigenvalue weighted by atomic mass is 32.2. The minimum absolute atomic E-state index is 0.161. The van der Waals surface area contributed by atoms with E-state index in [0.29, 0.717) is 19.6 Å². The molecule has 2 N–H and O–H groups in total. The van der Waals surface area contributed by atoms with Crippen LogP contribution in [-0.2, 0) is 17.1 Å². The van der Waals surface area contributed by atoms with Gasteiger partial charge in [0.2, 0.25) is 10.0 Å². The summed E-state index contributed by atoms with van der Waals surface area (Å²) in [5, 5.41) is 11.1. The molecule has 0 spiro atoms. The topological polar surface area (TPSA) is 94.9 Å². The van der Waals surface area contributed by atoms with E-state index in [-0.39, 0.29) is 17.8 Å². The Bertz CT molecular complexity index is 721. The smallest absolute Gasteiger partial charge is 0.213 e. The molecule has 1 aliphatic rings. The third kappa shape index (κ3) is 5.91. The molecule has 154 valence electrons. The van der Waals surface area contributed by atoms with Crippen LogP contribution in [0.5, 0.6) is 0 Å². The van der Waals surface area contributed by atoms with E-state index in [4.69, 9.17) is 0 Å². The highest BCUT2D eigenvalue weighted by molar-refractivity contribution is 7.89. The Morgan fingerprint density at radius 3 is 2.56 bits per heavy atom. The zero-order valence-electron chi connectivity index (χ0n) is 17.0. The number of piperidine rings is 1. The molecule has 1 fully saturated rings. The quantitative estimate of drug-likeness (QED) is 0.495. The number of guanidine groups is 1. The van der Waals surface area contributed by atoms with Crippen molar-refractivity contribution in [1.29, 1.82) is 0 Å². The molecule has 1 aliphatic heterocycles. The van der Waals surface area contributed by atoms with E-state index < -0.39 is 10.0 Å². The third-order valence-corrected chi connectivity index (χ3v) is 6.85. The van der Waals surface area contributed by atoms with E-state index in [2.05, 4.69) is 25.6 Å². The summed E-state index contributed by atoms with van der Waals surface area (Å²) in [5.74, 6) is 0.900. The standard InChI is InChI=1S/C17H33N7O2S/c1-6-27(25,26)24-9-7-15(8-10-24)21-17(18-2)19-12-16(22(3)4)14-11-20-23(5)13-14/h11,13,15-16H,6-10,12H2,1-5H3,(H2,18,19,21). The van der Waals surface area contributed by atoms with Gasteiger partial charge in [-0.25, -0.2) is 12.7 Å². The van der Waals surface area contributed by atoms with Crippen molar-refractivity contribution in [2.45, 2.75) is 31.8 Å². The molecule has 0 radical (unpaired) electrons. The number of rotatable bonds is 7. The lowest BCUT2D eigenvalue weighted by molar-refractivity contribution is 0.293. The Morgan fingerprint density at radius 1 is 1.41 bits per heavy atom. The molecule has 10 heteroatoms. The van der Waals surface area contributed by atoms with Crippen LogP contribution in [0.4, 0.5) is 0 Å². The maximum absolute atomic E-state index is 12.0. The Labute approximate surface area is 162 Å². The summed E-state index contributed by atoms with van der Waals surface area (Å²) in [6.45, 7) is 3.50. The molecule has 0 aliphatic carbocycles. The first kappa shape index (κ1) is 21.6. The van der Waals surface area contributed by atoms with Crippen LogP contribution in [0.1, 0.15) is 31.4 Å². The van der Waals surface area contributed by atoms with Gasteiger partial charge in [0.15, 0.2) is 5.96 Å². The number of nitrogens with one attached hydrogen (secondary N) is 2. The van der Waals surface area contributed by atoms with Crippen molar-refractivity contribution in [3.63, 3.8) is 0 Å². The van der Waals surface area contributed by atoms with Gasteiger partial charge in [0.05, 0.1) is 18.0 Å². The van der Waals surface area contributed by atoms with Gasteiger partial charge in [-0.1, -0.05) is 0 Å². The Hall–Kier alpha value is -1.65. The first-order valence-corrected chi connectivity index (χ1v) is 11.0. The van der Waals surface area contributed by atoms with Crippen molar-refractivity contribution in [3.05, 3.63) is 18.0 Å². The lowest BCUT2D eigenvalue weighted by Gasteiger charge is -2.32. The number of likely N-dealkylation sites (N-methyl/N-ethyl adjacent to an activating group) is 1. The summed E-state index contributed by atoms with van der Waals surface area (Å²) in [6, 6.07) is 0.393. The normalized spacial score (nSPS) is 18.7. The van der Waals surface area contributed by atoms with Gasteiger partial charge in [0, 0.05) is 51.5 Å². The van der Waals surface area contributed by atoms with Gasteiger partial charge in [-0.3, -0.25) is 9.67 Å². The van der Waals surface area contributed by atoms with E-state index in [9.17, 15) is 8.42 Å². The minimum Gasteiger partial charge on any atom is -0.354 e. The predicted octanol–water partition coefficient (Wildman–Crippen LogP) is 0.00190. The molecule has 1 unspecified atom stereocenters. The number of sulfonamides is 1. The summed E-state index contributed by atoms with van der Waals surface area (Å²) >= 11 is 0. The highest BCUT2D eigenvalue weighted by Crippen LogP contribution is 2.17. The fraction of sp³-hybridized carbons (Fsp3) is 0.765. The van der Waals surface area contributed by atoms with Gasteiger partial charge >= 0.3 is 0 Å². The molecule has 2 heterocycles. The number of hydrogen-bond acceptors (Lipinski definition) is 5. The maximum Gasteiger partial charge on any atom is 0.213 e. The van der Waals surface area contributed by atoms with Crippen molar-refractivity contribution < 1.29 is 8.42 Å². The average Bonchev–Trinajstić information content (AvgIpc) is 3.07. The average molecular weight is 400 g/mol. The van der Waals surface area contributed by atoms with Gasteiger partial charge in [-0.2, -0.15) is 5.10 Å². The molecule has 0 saturated carbocycles. The highest BCUT2D eigenvalue weighted by Gasteiger charge is 2.27. The van der Waals surface area contributed by atoms with Crippen LogP contribution < -0.4 is 10.6 Å². The SMILES string of the molecule is CCS(=O)(=O)N1CCC(NC(=NC)NCC(c2cnn(C)c2)N(C)C)CC1. The van der Waals surface area contributed by atoms with Crippen molar-refractivity contribution in [3.8, 4) is 0 Å². The Kier molecular flexibility index (Phi) is 7.63. The largest absolute Gasteiger partial charge is 0.354 e. The van der Waals surface area contributed by atoms with Gasteiger partial charge in [-0.15, -0.1) is 0 Å². The molecule has 0 amide bonds. The minimum atomic E-state index is -3.09. The summed E-state index contributed by atoms with van der Waals surface area (Å²) in [5.41, 5.74) is 1.14. The summed E-state index contributed by atoms with van der Waals surface area (Å²) < 4.78 is 27.3. The van der Waals surface area contributed by atoms with Crippen LogP contribution in [0, 0.1) is 0 Å². The molecule has 2 rings (SSSR count). The number of nitrogens with zero attached hydrogens (tertiary/aromatic N) is 5. The van der Waals surface area contributed by atoms with E-state index in [0.717, 1.165) is 24.4 Å². The summed E-state index contributed by atoms with van der Waals surface area (Å²) in [4.78, 5) is 6.46. The van der Waals surface area contributed by atoms with Crippen molar-refractivity contribution >= 4 is 16.0 Å². The lowest BCUT2D eigenvalue weighted by atomic mass is 10.1. The van der Waals surface area contributed by atoms with Gasteiger partial charge in [0.1, 0.15) is 0 Å².